The van der Waals surface area contributed by atoms with Gasteiger partial charge in [-0.15, -0.1) is 0 Å². The number of amides is 1. The largest absolute Gasteiger partial charge is 0.352 e. The highest BCUT2D eigenvalue weighted by Gasteiger charge is 2.16. The summed E-state index contributed by atoms with van der Waals surface area (Å²) in [5, 5.41) is 3.96. The molecule has 1 N–H and O–H groups in total. The van der Waals surface area contributed by atoms with Crippen LogP contribution in [0.3, 0.4) is 0 Å². The molecule has 0 fully saturated rings. The molecular weight excluding hydrogens is 209 g/mol. The summed E-state index contributed by atoms with van der Waals surface area (Å²) in [4.78, 5) is 12.8. The first-order valence-electron chi connectivity index (χ1n) is 4.96. The van der Waals surface area contributed by atoms with Crippen LogP contribution in [0.2, 0.25) is 0 Å². The summed E-state index contributed by atoms with van der Waals surface area (Å²) in [6.45, 7) is 0.306. The van der Waals surface area contributed by atoms with Gasteiger partial charge in [-0.1, -0.05) is 12.1 Å². The van der Waals surface area contributed by atoms with E-state index in [0.717, 1.165) is 11.4 Å². The number of nitrogens with zero attached hydrogens (tertiary/aromatic N) is 2. The van der Waals surface area contributed by atoms with Crippen molar-refractivity contribution in [2.75, 3.05) is 13.6 Å². The highest BCUT2D eigenvalue weighted by molar-refractivity contribution is 5.92. The topological polar surface area (TPSA) is 44.7 Å². The molecule has 0 aliphatic carbocycles. The minimum absolute atomic E-state index is 0.120. The van der Waals surface area contributed by atoms with Gasteiger partial charge >= 0.3 is 0 Å². The number of halogens is 1. The lowest BCUT2D eigenvalue weighted by Gasteiger charge is -2.24. The van der Waals surface area contributed by atoms with Gasteiger partial charge in [-0.05, 0) is 17.7 Å². The van der Waals surface area contributed by atoms with E-state index in [9.17, 15) is 9.18 Å². The Bertz CT molecular complexity index is 427. The Labute approximate surface area is 92.8 Å². The van der Waals surface area contributed by atoms with Crippen molar-refractivity contribution in [1.82, 2.24) is 10.3 Å². The number of hydrazone groups is 1. The standard InChI is InChI=1S/C11H12FN3O/c1-15-7-11(16)14-13-10(15)6-8-2-4-9(12)5-3-8/h2-5H,6-7H2,1H3,(H,14,16). The summed E-state index contributed by atoms with van der Waals surface area (Å²) in [6.07, 6.45) is 0.580. The molecule has 0 radical (unpaired) electrons. The third-order valence-corrected chi connectivity index (χ3v) is 2.41. The maximum atomic E-state index is 12.7. The van der Waals surface area contributed by atoms with E-state index >= 15 is 0 Å². The van der Waals surface area contributed by atoms with Crippen molar-refractivity contribution in [2.45, 2.75) is 6.42 Å². The van der Waals surface area contributed by atoms with Gasteiger partial charge in [0.25, 0.3) is 5.91 Å². The molecule has 1 aliphatic heterocycles. The van der Waals surface area contributed by atoms with E-state index < -0.39 is 0 Å². The Hall–Kier alpha value is -1.91. The number of benzene rings is 1. The zero-order valence-corrected chi connectivity index (χ0v) is 8.90. The summed E-state index contributed by atoms with van der Waals surface area (Å²) < 4.78 is 12.7. The van der Waals surface area contributed by atoms with Gasteiger partial charge in [-0.3, -0.25) is 4.79 Å². The number of hydrogen-bond donors (Lipinski definition) is 1. The zero-order chi connectivity index (χ0) is 11.5. The van der Waals surface area contributed by atoms with Crippen molar-refractivity contribution in [1.29, 1.82) is 0 Å². The first-order chi connectivity index (χ1) is 7.65. The fourth-order valence-corrected chi connectivity index (χ4v) is 1.51. The summed E-state index contributed by atoms with van der Waals surface area (Å²) in [6, 6.07) is 6.25. The summed E-state index contributed by atoms with van der Waals surface area (Å²) in [5.41, 5.74) is 3.39. The van der Waals surface area contributed by atoms with E-state index in [0.29, 0.717) is 13.0 Å². The smallest absolute Gasteiger partial charge is 0.259 e. The SMILES string of the molecule is CN1CC(=O)NN=C1Cc1ccc(F)cc1. The Morgan fingerprint density at radius 2 is 2.12 bits per heavy atom. The number of nitrogens with one attached hydrogen (secondary N) is 1. The molecule has 5 heteroatoms. The Morgan fingerprint density at radius 1 is 1.44 bits per heavy atom. The van der Waals surface area contributed by atoms with E-state index in [2.05, 4.69) is 10.5 Å². The minimum atomic E-state index is -0.254. The molecule has 1 aromatic carbocycles. The average Bonchev–Trinajstić information content (AvgIpc) is 2.25. The first kappa shape index (κ1) is 10.6. The van der Waals surface area contributed by atoms with Gasteiger partial charge in [0, 0.05) is 13.5 Å². The van der Waals surface area contributed by atoms with Crippen LogP contribution in [0.25, 0.3) is 0 Å². The maximum absolute atomic E-state index is 12.7. The van der Waals surface area contributed by atoms with E-state index in [1.54, 1.807) is 24.1 Å². The van der Waals surface area contributed by atoms with Gasteiger partial charge in [-0.25, -0.2) is 9.82 Å². The lowest BCUT2D eigenvalue weighted by atomic mass is 10.1. The third-order valence-electron chi connectivity index (χ3n) is 2.41. The van der Waals surface area contributed by atoms with Gasteiger partial charge in [0.15, 0.2) is 0 Å². The predicted molar refractivity (Wildman–Crippen MR) is 58.3 cm³/mol. The van der Waals surface area contributed by atoms with Crippen molar-refractivity contribution in [3.63, 3.8) is 0 Å². The molecule has 16 heavy (non-hydrogen) atoms. The molecule has 84 valence electrons. The van der Waals surface area contributed by atoms with Crippen molar-refractivity contribution in [3.05, 3.63) is 35.6 Å². The fraction of sp³-hybridized carbons (Fsp3) is 0.273. The molecule has 0 unspecified atom stereocenters. The highest BCUT2D eigenvalue weighted by Crippen LogP contribution is 2.07. The molecular formula is C11H12FN3O. The Kier molecular flexibility index (Phi) is 2.85. The highest BCUT2D eigenvalue weighted by atomic mass is 19.1. The molecule has 1 amide bonds. The lowest BCUT2D eigenvalue weighted by Crippen LogP contribution is -2.43. The second-order valence-corrected chi connectivity index (χ2v) is 3.72. The predicted octanol–water partition coefficient (Wildman–Crippen LogP) is 0.743. The molecule has 0 saturated heterocycles. The van der Waals surface area contributed by atoms with Crippen LogP contribution >= 0.6 is 0 Å². The van der Waals surface area contributed by atoms with Crippen LogP contribution in [0.4, 0.5) is 4.39 Å². The van der Waals surface area contributed by atoms with Crippen molar-refractivity contribution < 1.29 is 9.18 Å². The van der Waals surface area contributed by atoms with E-state index in [1.807, 2.05) is 0 Å². The number of carbonyl (C=O) groups is 1. The molecule has 0 bridgehead atoms. The molecule has 1 aromatic rings. The number of likely N-dealkylation sites (N-methyl/N-ethyl adjacent to an activating group) is 1. The fourth-order valence-electron chi connectivity index (χ4n) is 1.51. The van der Waals surface area contributed by atoms with Crippen LogP contribution in [0, 0.1) is 5.82 Å². The second-order valence-electron chi connectivity index (χ2n) is 3.72. The summed E-state index contributed by atoms with van der Waals surface area (Å²) in [7, 11) is 1.81. The summed E-state index contributed by atoms with van der Waals surface area (Å²) >= 11 is 0. The second kappa shape index (κ2) is 4.30. The van der Waals surface area contributed by atoms with Crippen molar-refractivity contribution in [3.8, 4) is 0 Å². The van der Waals surface area contributed by atoms with Gasteiger partial charge in [-0.2, -0.15) is 5.10 Å². The van der Waals surface area contributed by atoms with Gasteiger partial charge in [0.1, 0.15) is 11.7 Å². The number of hydrogen-bond acceptors (Lipinski definition) is 3. The number of amidine groups is 1. The quantitative estimate of drug-likeness (QED) is 0.800. The Morgan fingerprint density at radius 3 is 2.75 bits per heavy atom. The van der Waals surface area contributed by atoms with Crippen LogP contribution in [0.15, 0.2) is 29.4 Å². The van der Waals surface area contributed by atoms with E-state index in [4.69, 9.17) is 0 Å². The monoisotopic (exact) mass is 221 g/mol. The van der Waals surface area contributed by atoms with Crippen LogP contribution in [-0.2, 0) is 11.2 Å². The number of carbonyl (C=O) groups excluding carboxylic acids is 1. The van der Waals surface area contributed by atoms with Gasteiger partial charge in [0.2, 0.25) is 0 Å². The maximum Gasteiger partial charge on any atom is 0.259 e. The Balaban J connectivity index is 2.10. The molecule has 1 heterocycles. The van der Waals surface area contributed by atoms with E-state index in [1.165, 1.54) is 12.1 Å². The number of rotatable bonds is 2. The summed E-state index contributed by atoms with van der Waals surface area (Å²) in [5.74, 6) is 0.396. The molecule has 0 atom stereocenters. The molecule has 0 aromatic heterocycles. The third kappa shape index (κ3) is 2.36. The van der Waals surface area contributed by atoms with Crippen LogP contribution in [0.1, 0.15) is 5.56 Å². The van der Waals surface area contributed by atoms with E-state index in [-0.39, 0.29) is 11.7 Å². The van der Waals surface area contributed by atoms with Crippen molar-refractivity contribution >= 4 is 11.7 Å². The molecule has 2 rings (SSSR count). The zero-order valence-electron chi connectivity index (χ0n) is 8.90. The van der Waals surface area contributed by atoms with Crippen LogP contribution < -0.4 is 5.43 Å². The minimum Gasteiger partial charge on any atom is -0.352 e. The normalized spacial score (nSPS) is 15.8. The molecule has 1 aliphatic rings. The van der Waals surface area contributed by atoms with Gasteiger partial charge < -0.3 is 4.90 Å². The molecule has 0 saturated carbocycles. The average molecular weight is 221 g/mol. The molecule has 4 nitrogen and oxygen atoms in total. The van der Waals surface area contributed by atoms with Crippen LogP contribution in [0.5, 0.6) is 0 Å². The van der Waals surface area contributed by atoms with Crippen LogP contribution in [-0.4, -0.2) is 30.2 Å². The molecule has 0 spiro atoms. The van der Waals surface area contributed by atoms with Gasteiger partial charge in [0.05, 0.1) is 6.54 Å². The van der Waals surface area contributed by atoms with Crippen molar-refractivity contribution in [2.24, 2.45) is 5.10 Å². The first-order valence-corrected chi connectivity index (χ1v) is 4.96. The lowest BCUT2D eigenvalue weighted by molar-refractivity contribution is -0.121.